The Balaban J connectivity index is 1.56. The van der Waals surface area contributed by atoms with Gasteiger partial charge in [-0.2, -0.15) is 4.98 Å². The number of halogens is 2. The number of carbonyl (C=O) groups is 1. The highest BCUT2D eigenvalue weighted by molar-refractivity contribution is 7.98. The number of allylic oxidation sites excluding steroid dienone is 2. The molecule has 0 amide bonds. The molecular formula is C21H17Cl2N5OS. The molecule has 0 spiro atoms. The molecule has 3 heterocycles. The van der Waals surface area contributed by atoms with Crippen LogP contribution in [0.3, 0.4) is 0 Å². The molecule has 1 aromatic carbocycles. The maximum absolute atomic E-state index is 12.9. The summed E-state index contributed by atoms with van der Waals surface area (Å²) in [6, 6.07) is 10.8. The fourth-order valence-corrected chi connectivity index (χ4v) is 4.99. The average Bonchev–Trinajstić information content (AvgIpc) is 3.16. The molecule has 0 fully saturated rings. The van der Waals surface area contributed by atoms with Crippen LogP contribution in [0.1, 0.15) is 36.6 Å². The molecule has 1 N–H and O–H groups in total. The van der Waals surface area contributed by atoms with E-state index in [0.717, 1.165) is 29.8 Å². The number of benzene rings is 1. The fraction of sp³-hybridized carbons (Fsp3) is 0.238. The number of nitrogens with one attached hydrogen (secondary N) is 1. The number of hydrogen-bond donors (Lipinski definition) is 1. The third kappa shape index (κ3) is 3.51. The van der Waals surface area contributed by atoms with Crippen LogP contribution in [-0.2, 0) is 10.5 Å². The maximum Gasteiger partial charge on any atom is 0.227 e. The van der Waals surface area contributed by atoms with Crippen LogP contribution >= 0.6 is 35.0 Å². The molecule has 0 bridgehead atoms. The first-order valence-corrected chi connectivity index (χ1v) is 11.3. The smallest absolute Gasteiger partial charge is 0.227 e. The number of ketones is 1. The van der Waals surface area contributed by atoms with Crippen molar-refractivity contribution in [2.45, 2.75) is 36.2 Å². The lowest BCUT2D eigenvalue weighted by Crippen LogP contribution is -2.31. The second-order valence-electron chi connectivity index (χ2n) is 7.11. The standard InChI is InChI=1S/C21H17Cl2N5OS/c22-14-7-3-6-13(18(14)23)19-17-15(8-4-9-16(17)29)25-20-26-21(27-28(19)20)30-11-12-5-1-2-10-24-12/h1-3,5-7,10,19H,4,8-9,11H2,(H,25,26,27)/t19-/m1/s1. The van der Waals surface area contributed by atoms with E-state index in [9.17, 15) is 4.79 Å². The van der Waals surface area contributed by atoms with Crippen LogP contribution in [0.5, 0.6) is 0 Å². The van der Waals surface area contributed by atoms with E-state index in [4.69, 9.17) is 28.3 Å². The lowest BCUT2D eigenvalue weighted by Gasteiger charge is -2.32. The van der Waals surface area contributed by atoms with Crippen LogP contribution in [0, 0.1) is 0 Å². The number of pyridine rings is 1. The van der Waals surface area contributed by atoms with Crippen LogP contribution in [0.4, 0.5) is 5.95 Å². The molecular weight excluding hydrogens is 441 g/mol. The Morgan fingerprint density at radius 2 is 2.07 bits per heavy atom. The topological polar surface area (TPSA) is 72.7 Å². The van der Waals surface area contributed by atoms with Crippen molar-refractivity contribution in [3.8, 4) is 0 Å². The van der Waals surface area contributed by atoms with Gasteiger partial charge in [-0.05, 0) is 31.0 Å². The Bertz CT molecular complexity index is 1160. The SMILES string of the molecule is O=C1CCCC2=C1[C@@H](c1cccc(Cl)c1Cl)n1nc(SCc3ccccn3)nc1N2. The van der Waals surface area contributed by atoms with Gasteiger partial charge in [-0.3, -0.25) is 9.78 Å². The summed E-state index contributed by atoms with van der Waals surface area (Å²) >= 11 is 14.3. The molecule has 0 radical (unpaired) electrons. The average molecular weight is 458 g/mol. The summed E-state index contributed by atoms with van der Waals surface area (Å²) in [4.78, 5) is 21.9. The Hall–Kier alpha value is -2.35. The summed E-state index contributed by atoms with van der Waals surface area (Å²) in [5.41, 5.74) is 3.30. The second-order valence-corrected chi connectivity index (χ2v) is 8.84. The maximum atomic E-state index is 12.9. The third-order valence-electron chi connectivity index (χ3n) is 5.20. The van der Waals surface area contributed by atoms with Gasteiger partial charge in [0.05, 0.1) is 15.7 Å². The van der Waals surface area contributed by atoms with E-state index in [1.54, 1.807) is 16.9 Å². The van der Waals surface area contributed by atoms with E-state index < -0.39 is 6.04 Å². The largest absolute Gasteiger partial charge is 0.328 e. The quantitative estimate of drug-likeness (QED) is 0.536. The van der Waals surface area contributed by atoms with Gasteiger partial charge in [0.1, 0.15) is 6.04 Å². The van der Waals surface area contributed by atoms with Crippen molar-refractivity contribution < 1.29 is 4.79 Å². The predicted octanol–water partition coefficient (Wildman–Crippen LogP) is 5.29. The van der Waals surface area contributed by atoms with Crippen molar-refractivity contribution in [3.63, 3.8) is 0 Å². The second kappa shape index (κ2) is 8.06. The molecule has 5 rings (SSSR count). The highest BCUT2D eigenvalue weighted by atomic mass is 35.5. The molecule has 6 nitrogen and oxygen atoms in total. The van der Waals surface area contributed by atoms with Gasteiger partial charge in [0.2, 0.25) is 11.1 Å². The molecule has 0 unspecified atom stereocenters. The van der Waals surface area contributed by atoms with E-state index in [1.807, 2.05) is 30.3 Å². The number of carbonyl (C=O) groups excluding carboxylic acids is 1. The molecule has 30 heavy (non-hydrogen) atoms. The minimum absolute atomic E-state index is 0.105. The van der Waals surface area contributed by atoms with Gasteiger partial charge in [0.15, 0.2) is 5.78 Å². The van der Waals surface area contributed by atoms with E-state index in [0.29, 0.717) is 38.9 Å². The van der Waals surface area contributed by atoms with Crippen LogP contribution in [0.25, 0.3) is 0 Å². The molecule has 0 saturated heterocycles. The van der Waals surface area contributed by atoms with Crippen molar-refractivity contribution in [2.75, 3.05) is 5.32 Å². The number of thioether (sulfide) groups is 1. The Morgan fingerprint density at radius 1 is 1.17 bits per heavy atom. The van der Waals surface area contributed by atoms with Gasteiger partial charge >= 0.3 is 0 Å². The molecule has 1 aliphatic heterocycles. The molecule has 0 saturated carbocycles. The Labute approximate surface area is 187 Å². The summed E-state index contributed by atoms with van der Waals surface area (Å²) in [5.74, 6) is 1.36. The number of Topliss-reactive ketones (excluding diaryl/α,β-unsaturated/α-hetero) is 1. The molecule has 2 aliphatic rings. The summed E-state index contributed by atoms with van der Waals surface area (Å²) in [6.07, 6.45) is 3.89. The molecule has 3 aromatic rings. The van der Waals surface area contributed by atoms with E-state index in [1.165, 1.54) is 11.8 Å². The summed E-state index contributed by atoms with van der Waals surface area (Å²) in [6.45, 7) is 0. The first-order chi connectivity index (χ1) is 14.6. The normalized spacial score (nSPS) is 18.1. The summed E-state index contributed by atoms with van der Waals surface area (Å²) in [7, 11) is 0. The summed E-state index contributed by atoms with van der Waals surface area (Å²) in [5, 5.41) is 9.52. The molecule has 152 valence electrons. The number of aromatic nitrogens is 4. The molecule has 1 aliphatic carbocycles. The molecule has 9 heteroatoms. The van der Waals surface area contributed by atoms with Gasteiger partial charge in [0.25, 0.3) is 0 Å². The van der Waals surface area contributed by atoms with Crippen LogP contribution < -0.4 is 5.32 Å². The van der Waals surface area contributed by atoms with E-state index in [-0.39, 0.29) is 5.78 Å². The zero-order valence-electron chi connectivity index (χ0n) is 15.8. The minimum Gasteiger partial charge on any atom is -0.328 e. The monoisotopic (exact) mass is 457 g/mol. The predicted molar refractivity (Wildman–Crippen MR) is 118 cm³/mol. The Kier molecular flexibility index (Phi) is 5.26. The minimum atomic E-state index is -0.452. The Morgan fingerprint density at radius 3 is 2.90 bits per heavy atom. The first kappa shape index (κ1) is 19.6. The lowest BCUT2D eigenvalue weighted by atomic mass is 9.85. The van der Waals surface area contributed by atoms with Crippen molar-refractivity contribution in [1.82, 2.24) is 19.7 Å². The zero-order valence-corrected chi connectivity index (χ0v) is 18.1. The fourth-order valence-electron chi connectivity index (χ4n) is 3.84. The van der Waals surface area contributed by atoms with Crippen molar-refractivity contribution in [2.24, 2.45) is 0 Å². The number of nitrogens with zero attached hydrogens (tertiary/aromatic N) is 4. The lowest BCUT2D eigenvalue weighted by molar-refractivity contribution is -0.116. The van der Waals surface area contributed by atoms with Gasteiger partial charge in [0, 0.05) is 35.2 Å². The highest BCUT2D eigenvalue weighted by Crippen LogP contribution is 2.43. The first-order valence-electron chi connectivity index (χ1n) is 9.58. The highest BCUT2D eigenvalue weighted by Gasteiger charge is 2.38. The van der Waals surface area contributed by atoms with E-state index in [2.05, 4.69) is 15.3 Å². The van der Waals surface area contributed by atoms with Crippen LogP contribution in [-0.4, -0.2) is 25.5 Å². The number of rotatable bonds is 4. The number of hydrogen-bond acceptors (Lipinski definition) is 6. The molecule has 1 atom stereocenters. The number of fused-ring (bicyclic) bond motifs is 1. The number of anilines is 1. The van der Waals surface area contributed by atoms with Gasteiger partial charge in [-0.25, -0.2) is 4.68 Å². The van der Waals surface area contributed by atoms with Crippen LogP contribution in [0.15, 0.2) is 59.0 Å². The zero-order chi connectivity index (χ0) is 20.7. The van der Waals surface area contributed by atoms with Crippen molar-refractivity contribution in [1.29, 1.82) is 0 Å². The van der Waals surface area contributed by atoms with Crippen molar-refractivity contribution >= 4 is 46.7 Å². The third-order valence-corrected chi connectivity index (χ3v) is 6.90. The van der Waals surface area contributed by atoms with Crippen molar-refractivity contribution in [3.05, 3.63) is 75.2 Å². The van der Waals surface area contributed by atoms with Gasteiger partial charge in [-0.15, -0.1) is 5.10 Å². The molecule has 2 aromatic heterocycles. The van der Waals surface area contributed by atoms with E-state index >= 15 is 0 Å². The van der Waals surface area contributed by atoms with Gasteiger partial charge < -0.3 is 5.32 Å². The van der Waals surface area contributed by atoms with Gasteiger partial charge in [-0.1, -0.05) is 53.2 Å². The van der Waals surface area contributed by atoms with Crippen LogP contribution in [0.2, 0.25) is 10.0 Å². The summed E-state index contributed by atoms with van der Waals surface area (Å²) < 4.78 is 1.75.